The summed E-state index contributed by atoms with van der Waals surface area (Å²) in [5.74, 6) is 0.418. The van der Waals surface area contributed by atoms with Crippen LogP contribution in [0.3, 0.4) is 0 Å². The predicted octanol–water partition coefficient (Wildman–Crippen LogP) is 3.78. The highest BCUT2D eigenvalue weighted by Gasteiger charge is 2.22. The number of hydroxylamine groups is 1. The lowest BCUT2D eigenvalue weighted by atomic mass is 9.91. The molecule has 138 valence electrons. The first-order valence-corrected chi connectivity index (χ1v) is 8.67. The van der Waals surface area contributed by atoms with Crippen molar-refractivity contribution >= 4 is 5.91 Å². The van der Waals surface area contributed by atoms with Gasteiger partial charge in [0.15, 0.2) is 0 Å². The molecule has 3 rings (SSSR count). The second-order valence-electron chi connectivity index (χ2n) is 5.90. The highest BCUT2D eigenvalue weighted by Crippen LogP contribution is 2.26. The lowest BCUT2D eigenvalue weighted by Crippen LogP contribution is -2.27. The van der Waals surface area contributed by atoms with Crippen molar-refractivity contribution < 1.29 is 19.5 Å². The summed E-state index contributed by atoms with van der Waals surface area (Å²) in [6.45, 7) is 0.846. The average molecular weight is 363 g/mol. The van der Waals surface area contributed by atoms with Crippen molar-refractivity contribution in [1.82, 2.24) is 5.48 Å². The molecular weight excluding hydrogens is 342 g/mol. The maximum atomic E-state index is 12.1. The SMILES string of the molecule is O=C(NO)C(c1ccccc1)c1ccc(OCCOc2ccccc2)cc1. The molecule has 3 aromatic carbocycles. The predicted molar refractivity (Wildman–Crippen MR) is 102 cm³/mol. The minimum atomic E-state index is -0.591. The number of rotatable bonds is 8. The van der Waals surface area contributed by atoms with Gasteiger partial charge in [0, 0.05) is 0 Å². The Hall–Kier alpha value is -3.31. The third-order valence-electron chi connectivity index (χ3n) is 4.08. The second kappa shape index (κ2) is 9.40. The fraction of sp³-hybridized carbons (Fsp3) is 0.136. The minimum Gasteiger partial charge on any atom is -0.490 e. The second-order valence-corrected chi connectivity index (χ2v) is 5.90. The molecule has 2 N–H and O–H groups in total. The topological polar surface area (TPSA) is 67.8 Å². The summed E-state index contributed by atoms with van der Waals surface area (Å²) in [7, 11) is 0. The molecule has 3 aromatic rings. The fourth-order valence-corrected chi connectivity index (χ4v) is 2.80. The summed E-state index contributed by atoms with van der Waals surface area (Å²) in [5.41, 5.74) is 3.31. The van der Waals surface area contributed by atoms with E-state index in [1.54, 1.807) is 17.6 Å². The van der Waals surface area contributed by atoms with Crippen molar-refractivity contribution in [3.05, 3.63) is 96.1 Å². The zero-order valence-electron chi connectivity index (χ0n) is 14.7. The van der Waals surface area contributed by atoms with Gasteiger partial charge in [-0.2, -0.15) is 0 Å². The van der Waals surface area contributed by atoms with Gasteiger partial charge in [0.2, 0.25) is 0 Å². The monoisotopic (exact) mass is 363 g/mol. The van der Waals surface area contributed by atoms with E-state index in [0.717, 1.165) is 16.9 Å². The summed E-state index contributed by atoms with van der Waals surface area (Å²) in [6.07, 6.45) is 0. The molecule has 0 saturated heterocycles. The maximum Gasteiger partial charge on any atom is 0.255 e. The fourth-order valence-electron chi connectivity index (χ4n) is 2.80. The number of carbonyl (C=O) groups is 1. The van der Waals surface area contributed by atoms with Crippen LogP contribution in [-0.2, 0) is 4.79 Å². The van der Waals surface area contributed by atoms with Gasteiger partial charge in [-0.05, 0) is 35.4 Å². The molecule has 1 amide bonds. The highest BCUT2D eigenvalue weighted by atomic mass is 16.5. The molecule has 0 aliphatic carbocycles. The van der Waals surface area contributed by atoms with E-state index in [4.69, 9.17) is 14.7 Å². The number of amides is 1. The summed E-state index contributed by atoms with van der Waals surface area (Å²) < 4.78 is 11.3. The molecule has 1 unspecified atom stereocenters. The number of benzene rings is 3. The van der Waals surface area contributed by atoms with Crippen molar-refractivity contribution in [3.63, 3.8) is 0 Å². The van der Waals surface area contributed by atoms with Gasteiger partial charge in [-0.25, -0.2) is 5.48 Å². The zero-order chi connectivity index (χ0) is 18.9. The Balaban J connectivity index is 1.60. The summed E-state index contributed by atoms with van der Waals surface area (Å²) in [6, 6.07) is 26.1. The van der Waals surface area contributed by atoms with Crippen LogP contribution in [0, 0.1) is 0 Å². The molecule has 27 heavy (non-hydrogen) atoms. The van der Waals surface area contributed by atoms with Crippen LogP contribution in [0.4, 0.5) is 0 Å². The zero-order valence-corrected chi connectivity index (χ0v) is 14.7. The highest BCUT2D eigenvalue weighted by molar-refractivity contribution is 5.86. The van der Waals surface area contributed by atoms with E-state index in [-0.39, 0.29) is 0 Å². The van der Waals surface area contributed by atoms with E-state index < -0.39 is 11.8 Å². The Morgan fingerprint density at radius 1 is 0.741 bits per heavy atom. The normalized spacial score (nSPS) is 11.4. The van der Waals surface area contributed by atoms with E-state index in [1.165, 1.54) is 0 Å². The molecule has 5 heteroatoms. The Morgan fingerprint density at radius 3 is 1.78 bits per heavy atom. The Bertz CT molecular complexity index is 835. The van der Waals surface area contributed by atoms with Gasteiger partial charge in [-0.1, -0.05) is 60.7 Å². The standard InChI is InChI=1S/C22H21NO4/c24-22(23-25)21(17-7-3-1-4-8-17)18-11-13-20(14-12-18)27-16-15-26-19-9-5-2-6-10-19/h1-14,21,25H,15-16H2,(H,23,24). The van der Waals surface area contributed by atoms with Crippen LogP contribution in [0.1, 0.15) is 17.0 Å². The number of hydrogen-bond donors (Lipinski definition) is 2. The molecule has 1 atom stereocenters. The molecule has 0 aliphatic heterocycles. The summed E-state index contributed by atoms with van der Waals surface area (Å²) >= 11 is 0. The lowest BCUT2D eigenvalue weighted by Gasteiger charge is -2.16. The molecule has 5 nitrogen and oxygen atoms in total. The van der Waals surface area contributed by atoms with Crippen molar-refractivity contribution in [2.24, 2.45) is 0 Å². The molecular formula is C22H21NO4. The van der Waals surface area contributed by atoms with Crippen LogP contribution in [-0.4, -0.2) is 24.3 Å². The number of para-hydroxylation sites is 1. The number of carbonyl (C=O) groups excluding carboxylic acids is 1. The quantitative estimate of drug-likeness (QED) is 0.363. The van der Waals surface area contributed by atoms with E-state index in [2.05, 4.69) is 0 Å². The molecule has 0 radical (unpaired) electrons. The van der Waals surface area contributed by atoms with E-state index >= 15 is 0 Å². The van der Waals surface area contributed by atoms with Gasteiger partial charge in [-0.3, -0.25) is 10.0 Å². The Labute approximate surface area is 158 Å². The third-order valence-corrected chi connectivity index (χ3v) is 4.08. The molecule has 0 fully saturated rings. The van der Waals surface area contributed by atoms with E-state index in [0.29, 0.717) is 19.0 Å². The van der Waals surface area contributed by atoms with Crippen molar-refractivity contribution in [3.8, 4) is 11.5 Å². The molecule has 0 heterocycles. The van der Waals surface area contributed by atoms with E-state index in [1.807, 2.05) is 72.8 Å². The van der Waals surface area contributed by atoms with Crippen LogP contribution >= 0.6 is 0 Å². The van der Waals surface area contributed by atoms with Gasteiger partial charge in [0.25, 0.3) is 5.91 Å². The number of nitrogens with one attached hydrogen (secondary N) is 1. The Kier molecular flexibility index (Phi) is 6.44. The molecule has 0 bridgehead atoms. The van der Waals surface area contributed by atoms with Gasteiger partial charge in [-0.15, -0.1) is 0 Å². The minimum absolute atomic E-state index is 0.410. The van der Waals surface area contributed by atoms with Crippen LogP contribution in [0.15, 0.2) is 84.9 Å². The van der Waals surface area contributed by atoms with Gasteiger partial charge >= 0.3 is 0 Å². The molecule has 0 aliphatic rings. The van der Waals surface area contributed by atoms with Gasteiger partial charge in [0.05, 0.1) is 5.92 Å². The molecule has 0 aromatic heterocycles. The van der Waals surface area contributed by atoms with Crippen molar-refractivity contribution in [2.75, 3.05) is 13.2 Å². The van der Waals surface area contributed by atoms with Crippen LogP contribution in [0.25, 0.3) is 0 Å². The van der Waals surface area contributed by atoms with Crippen molar-refractivity contribution in [2.45, 2.75) is 5.92 Å². The first-order valence-electron chi connectivity index (χ1n) is 8.67. The lowest BCUT2D eigenvalue weighted by molar-refractivity contribution is -0.129. The van der Waals surface area contributed by atoms with Crippen molar-refractivity contribution in [1.29, 1.82) is 0 Å². The summed E-state index contributed by atoms with van der Waals surface area (Å²) in [4.78, 5) is 12.1. The Morgan fingerprint density at radius 2 is 1.22 bits per heavy atom. The van der Waals surface area contributed by atoms with Crippen LogP contribution in [0.5, 0.6) is 11.5 Å². The first kappa shape index (κ1) is 18.5. The first-order chi connectivity index (χ1) is 13.3. The molecule has 0 saturated carbocycles. The third kappa shape index (κ3) is 5.09. The largest absolute Gasteiger partial charge is 0.490 e. The van der Waals surface area contributed by atoms with Gasteiger partial charge < -0.3 is 9.47 Å². The maximum absolute atomic E-state index is 12.1. The van der Waals surface area contributed by atoms with Gasteiger partial charge in [0.1, 0.15) is 24.7 Å². The van der Waals surface area contributed by atoms with E-state index in [9.17, 15) is 4.79 Å². The number of ether oxygens (including phenoxy) is 2. The van der Waals surface area contributed by atoms with Crippen LogP contribution in [0.2, 0.25) is 0 Å². The smallest absolute Gasteiger partial charge is 0.255 e. The number of hydrogen-bond acceptors (Lipinski definition) is 4. The molecule has 0 spiro atoms. The average Bonchev–Trinajstić information content (AvgIpc) is 2.74. The summed E-state index contributed by atoms with van der Waals surface area (Å²) in [5, 5.41) is 9.08. The van der Waals surface area contributed by atoms with Crippen LogP contribution < -0.4 is 15.0 Å².